The van der Waals surface area contributed by atoms with Crippen LogP contribution in [0, 0.1) is 6.92 Å². The molecule has 7 nitrogen and oxygen atoms in total. The fourth-order valence-corrected chi connectivity index (χ4v) is 3.69. The molecule has 36 heavy (non-hydrogen) atoms. The number of amides is 1. The van der Waals surface area contributed by atoms with Crippen LogP contribution < -0.4 is 10.1 Å². The lowest BCUT2D eigenvalue weighted by atomic mass is 10.1. The summed E-state index contributed by atoms with van der Waals surface area (Å²) >= 11 is 0. The number of anilines is 1. The Bertz CT molecular complexity index is 1410. The zero-order chi connectivity index (χ0) is 25.3. The summed E-state index contributed by atoms with van der Waals surface area (Å²) in [5, 5.41) is 7.11. The zero-order valence-electron chi connectivity index (χ0n) is 19.1. The van der Waals surface area contributed by atoms with Gasteiger partial charge in [-0.2, -0.15) is 18.3 Å². The monoisotopic (exact) mass is 494 g/mol. The Labute approximate surface area is 204 Å². The maximum Gasteiger partial charge on any atom is 0.416 e. The van der Waals surface area contributed by atoms with Gasteiger partial charge in [0, 0.05) is 34.8 Å². The van der Waals surface area contributed by atoms with Crippen LogP contribution in [-0.4, -0.2) is 40.0 Å². The highest BCUT2D eigenvalue weighted by molar-refractivity contribution is 6.04. The van der Waals surface area contributed by atoms with Crippen molar-refractivity contribution in [3.05, 3.63) is 90.0 Å². The van der Waals surface area contributed by atoms with E-state index in [4.69, 9.17) is 9.47 Å². The van der Waals surface area contributed by atoms with Gasteiger partial charge in [0.1, 0.15) is 11.9 Å². The van der Waals surface area contributed by atoms with Gasteiger partial charge >= 0.3 is 6.18 Å². The van der Waals surface area contributed by atoms with Crippen molar-refractivity contribution in [3.63, 3.8) is 0 Å². The number of carbonyl (C=O) groups is 1. The predicted molar refractivity (Wildman–Crippen MR) is 126 cm³/mol. The number of carbonyl (C=O) groups excluding carboxylic acids is 1. The van der Waals surface area contributed by atoms with Crippen LogP contribution in [0.1, 0.15) is 21.5 Å². The van der Waals surface area contributed by atoms with E-state index >= 15 is 0 Å². The molecule has 184 valence electrons. The van der Waals surface area contributed by atoms with E-state index in [-0.39, 0.29) is 11.7 Å². The van der Waals surface area contributed by atoms with Crippen molar-refractivity contribution in [2.75, 3.05) is 18.5 Å². The Hall–Kier alpha value is -4.18. The van der Waals surface area contributed by atoms with E-state index in [9.17, 15) is 18.0 Å². The molecule has 0 saturated carbocycles. The summed E-state index contributed by atoms with van der Waals surface area (Å²) in [6.07, 6.45) is 2.38. The van der Waals surface area contributed by atoms with E-state index < -0.39 is 17.6 Å². The quantitative estimate of drug-likeness (QED) is 0.394. The third-order valence-electron chi connectivity index (χ3n) is 5.71. The number of hydrogen-bond acceptors (Lipinski definition) is 5. The molecule has 0 unspecified atom stereocenters. The minimum Gasteiger partial charge on any atom is -0.484 e. The number of aryl methyl sites for hydroxylation is 1. The molecule has 0 atom stereocenters. The Morgan fingerprint density at radius 1 is 1.08 bits per heavy atom. The molecule has 10 heteroatoms. The van der Waals surface area contributed by atoms with Gasteiger partial charge in [-0.3, -0.25) is 9.78 Å². The molecule has 0 spiro atoms. The molecular weight excluding hydrogens is 473 g/mol. The summed E-state index contributed by atoms with van der Waals surface area (Å²) in [5.74, 6) is 0.000780. The van der Waals surface area contributed by atoms with Crippen LogP contribution in [0.25, 0.3) is 16.8 Å². The number of alkyl halides is 3. The Morgan fingerprint density at radius 2 is 1.92 bits per heavy atom. The van der Waals surface area contributed by atoms with Crippen molar-refractivity contribution in [2.45, 2.75) is 19.2 Å². The smallest absolute Gasteiger partial charge is 0.416 e. The highest BCUT2D eigenvalue weighted by Gasteiger charge is 2.31. The summed E-state index contributed by atoms with van der Waals surface area (Å²) in [5.41, 5.74) is 2.69. The average Bonchev–Trinajstić information content (AvgIpc) is 3.32. The van der Waals surface area contributed by atoms with E-state index in [0.717, 1.165) is 28.8 Å². The molecule has 1 amide bonds. The standard InChI is InChI=1S/C26H21F3N4O3/c1-16-5-6-21(32-25(34)17-3-2-4-20(7-17)26(27,28)29)9-24(16)33-13-19(11-31-33)18-8-22(12-30-10-18)36-23-14-35-15-23/h2-13,23H,14-15H2,1H3,(H,32,34). The zero-order valence-corrected chi connectivity index (χ0v) is 19.1. The van der Waals surface area contributed by atoms with Crippen molar-refractivity contribution in [2.24, 2.45) is 0 Å². The number of benzene rings is 2. The number of aromatic nitrogens is 3. The minimum absolute atomic E-state index is 0.0290. The Morgan fingerprint density at radius 3 is 2.67 bits per heavy atom. The van der Waals surface area contributed by atoms with Gasteiger partial charge in [-0.25, -0.2) is 4.68 Å². The van der Waals surface area contributed by atoms with Crippen LogP contribution in [0.15, 0.2) is 73.3 Å². The van der Waals surface area contributed by atoms with Gasteiger partial charge in [0.05, 0.1) is 36.9 Å². The second kappa shape index (κ2) is 9.46. The number of ether oxygens (including phenoxy) is 2. The number of halogens is 3. The molecule has 1 fully saturated rings. The second-order valence-electron chi connectivity index (χ2n) is 8.39. The topological polar surface area (TPSA) is 78.3 Å². The molecule has 1 aliphatic rings. The summed E-state index contributed by atoms with van der Waals surface area (Å²) in [6.45, 7) is 3.01. The van der Waals surface area contributed by atoms with Crippen LogP contribution in [0.2, 0.25) is 0 Å². The molecule has 5 rings (SSSR count). The number of nitrogens with zero attached hydrogens (tertiary/aromatic N) is 3. The lowest BCUT2D eigenvalue weighted by molar-refractivity contribution is -0.137. The van der Waals surface area contributed by atoms with Gasteiger partial charge in [-0.05, 0) is 48.9 Å². The van der Waals surface area contributed by atoms with Crippen molar-refractivity contribution in [3.8, 4) is 22.6 Å². The van der Waals surface area contributed by atoms with E-state index in [1.54, 1.807) is 41.5 Å². The van der Waals surface area contributed by atoms with Crippen LogP contribution in [0.5, 0.6) is 5.75 Å². The predicted octanol–water partition coefficient (Wildman–Crippen LogP) is 5.29. The SMILES string of the molecule is Cc1ccc(NC(=O)c2cccc(C(F)(F)F)c2)cc1-n1cc(-c2cncc(OC3COC3)c2)cn1. The first-order chi connectivity index (χ1) is 17.3. The first kappa shape index (κ1) is 23.6. The molecule has 1 aliphatic heterocycles. The van der Waals surface area contributed by atoms with E-state index in [0.29, 0.717) is 30.3 Å². The first-order valence-electron chi connectivity index (χ1n) is 11.1. The number of hydrogen-bond donors (Lipinski definition) is 1. The van der Waals surface area contributed by atoms with Crippen molar-refractivity contribution < 1.29 is 27.4 Å². The third-order valence-corrected chi connectivity index (χ3v) is 5.71. The average molecular weight is 494 g/mol. The molecule has 1 N–H and O–H groups in total. The Kier molecular flexibility index (Phi) is 6.19. The van der Waals surface area contributed by atoms with Crippen LogP contribution in [0.3, 0.4) is 0 Å². The fraction of sp³-hybridized carbons (Fsp3) is 0.192. The molecular formula is C26H21F3N4O3. The van der Waals surface area contributed by atoms with E-state index in [1.165, 1.54) is 12.1 Å². The maximum atomic E-state index is 13.0. The molecule has 1 saturated heterocycles. The maximum absolute atomic E-state index is 13.0. The number of nitrogens with one attached hydrogen (secondary N) is 1. The van der Waals surface area contributed by atoms with Gasteiger partial charge in [0.15, 0.2) is 0 Å². The van der Waals surface area contributed by atoms with Gasteiger partial charge in [-0.15, -0.1) is 0 Å². The lowest BCUT2D eigenvalue weighted by Crippen LogP contribution is -2.38. The highest BCUT2D eigenvalue weighted by atomic mass is 19.4. The lowest BCUT2D eigenvalue weighted by Gasteiger charge is -2.26. The van der Waals surface area contributed by atoms with Gasteiger partial charge in [0.2, 0.25) is 0 Å². The summed E-state index contributed by atoms with van der Waals surface area (Å²) in [6, 6.07) is 11.4. The third kappa shape index (κ3) is 5.08. The van der Waals surface area contributed by atoms with Gasteiger partial charge < -0.3 is 14.8 Å². The number of pyridine rings is 1. The van der Waals surface area contributed by atoms with Crippen molar-refractivity contribution in [1.82, 2.24) is 14.8 Å². The molecule has 0 bridgehead atoms. The molecule has 0 aliphatic carbocycles. The van der Waals surface area contributed by atoms with Gasteiger partial charge in [-0.1, -0.05) is 12.1 Å². The van der Waals surface area contributed by atoms with Crippen LogP contribution in [0.4, 0.5) is 18.9 Å². The van der Waals surface area contributed by atoms with Gasteiger partial charge in [0.25, 0.3) is 5.91 Å². The fourth-order valence-electron chi connectivity index (χ4n) is 3.69. The first-order valence-corrected chi connectivity index (χ1v) is 11.1. The van der Waals surface area contributed by atoms with Crippen molar-refractivity contribution >= 4 is 11.6 Å². The summed E-state index contributed by atoms with van der Waals surface area (Å²) in [4.78, 5) is 16.9. The summed E-state index contributed by atoms with van der Waals surface area (Å²) < 4.78 is 51.6. The molecule has 2 aromatic carbocycles. The highest BCUT2D eigenvalue weighted by Crippen LogP contribution is 2.30. The molecule has 2 aromatic heterocycles. The minimum atomic E-state index is -4.53. The van der Waals surface area contributed by atoms with E-state index in [1.807, 2.05) is 19.2 Å². The van der Waals surface area contributed by atoms with Crippen LogP contribution in [-0.2, 0) is 10.9 Å². The normalized spacial score (nSPS) is 13.8. The van der Waals surface area contributed by atoms with E-state index in [2.05, 4.69) is 15.4 Å². The molecule has 4 aromatic rings. The molecule has 0 radical (unpaired) electrons. The number of rotatable bonds is 6. The van der Waals surface area contributed by atoms with Crippen LogP contribution >= 0.6 is 0 Å². The summed E-state index contributed by atoms with van der Waals surface area (Å²) in [7, 11) is 0. The molecule has 3 heterocycles. The van der Waals surface area contributed by atoms with Crippen molar-refractivity contribution in [1.29, 1.82) is 0 Å². The largest absolute Gasteiger partial charge is 0.484 e. The Balaban J connectivity index is 1.35. The second-order valence-corrected chi connectivity index (χ2v) is 8.39.